The van der Waals surface area contributed by atoms with E-state index in [-0.39, 0.29) is 17.3 Å². The van der Waals surface area contributed by atoms with Crippen LogP contribution in [0, 0.1) is 18.2 Å². The smallest absolute Gasteiger partial charge is 0.140 e. The van der Waals surface area contributed by atoms with Crippen molar-refractivity contribution in [1.29, 1.82) is 0 Å². The van der Waals surface area contributed by atoms with E-state index in [2.05, 4.69) is 20.2 Å². The lowest BCUT2D eigenvalue weighted by Crippen LogP contribution is -2.25. The molecule has 3 aromatic rings. The Hall–Kier alpha value is -3.13. The lowest BCUT2D eigenvalue weighted by molar-refractivity contribution is 0.553. The SMILES string of the molecule is CNc1cc(F)cc2c1Cc1nc(Cc3cnc(C)nc3)nc(N3CC[C@@]4(C[C@H]4N)C3)c1-2. The molecular weight excluding hydrogens is 405 g/mol. The minimum absolute atomic E-state index is 0.211. The molecule has 2 fully saturated rings. The molecule has 2 aliphatic carbocycles. The molecule has 0 amide bonds. The third-order valence-electron chi connectivity index (χ3n) is 7.24. The molecule has 32 heavy (non-hydrogen) atoms. The number of aromatic nitrogens is 4. The second-order valence-corrected chi connectivity index (χ2v) is 9.35. The molecule has 1 spiro atoms. The van der Waals surface area contributed by atoms with E-state index in [1.165, 1.54) is 0 Å². The quantitative estimate of drug-likeness (QED) is 0.513. The molecule has 1 saturated heterocycles. The average Bonchev–Trinajstić information content (AvgIpc) is 3.10. The van der Waals surface area contributed by atoms with Crippen molar-refractivity contribution in [3.8, 4) is 11.1 Å². The molecule has 0 radical (unpaired) electrons. The fourth-order valence-electron chi connectivity index (χ4n) is 5.31. The summed E-state index contributed by atoms with van der Waals surface area (Å²) in [5.41, 5.74) is 12.1. The van der Waals surface area contributed by atoms with E-state index in [0.717, 1.165) is 77.0 Å². The average molecular weight is 432 g/mol. The third-order valence-corrected chi connectivity index (χ3v) is 7.24. The first-order chi connectivity index (χ1) is 15.5. The standard InChI is InChI=1S/C24H26FN7/c1-13-28-10-14(11-29-13)5-21-30-19-8-16-17(6-15(25)7-18(16)27-2)22(19)23(31-21)32-4-3-24(12-32)9-20(24)26/h6-7,10-11,20,27H,3-5,8-9,12,26H2,1-2H3/t20-,24-/m1/s1. The summed E-state index contributed by atoms with van der Waals surface area (Å²) in [6.07, 6.45) is 7.02. The first kappa shape index (κ1) is 19.5. The van der Waals surface area contributed by atoms with Gasteiger partial charge >= 0.3 is 0 Å². The predicted octanol–water partition coefficient (Wildman–Crippen LogP) is 2.85. The molecule has 3 heterocycles. The lowest BCUT2D eigenvalue weighted by Gasteiger charge is -2.22. The Kier molecular flexibility index (Phi) is 4.24. The maximum Gasteiger partial charge on any atom is 0.140 e. The molecule has 8 heteroatoms. The van der Waals surface area contributed by atoms with Gasteiger partial charge in [0, 0.05) is 68.1 Å². The molecular formula is C24H26FN7. The van der Waals surface area contributed by atoms with E-state index in [1.807, 2.05) is 26.4 Å². The maximum absolute atomic E-state index is 14.5. The Bertz CT molecular complexity index is 1230. The molecule has 1 aliphatic heterocycles. The van der Waals surface area contributed by atoms with Gasteiger partial charge in [-0.15, -0.1) is 0 Å². The molecule has 7 nitrogen and oxygen atoms in total. The summed E-state index contributed by atoms with van der Waals surface area (Å²) in [6, 6.07) is 3.44. The molecule has 164 valence electrons. The van der Waals surface area contributed by atoms with Crippen molar-refractivity contribution in [1.82, 2.24) is 19.9 Å². The molecule has 0 unspecified atom stereocenters. The highest BCUT2D eigenvalue weighted by Gasteiger charge is 2.56. The Labute approximate surface area is 186 Å². The van der Waals surface area contributed by atoms with Gasteiger partial charge in [-0.2, -0.15) is 0 Å². The van der Waals surface area contributed by atoms with Crippen molar-refractivity contribution in [2.45, 2.75) is 38.6 Å². The van der Waals surface area contributed by atoms with E-state index in [1.54, 1.807) is 12.1 Å². The van der Waals surface area contributed by atoms with Crippen LogP contribution in [0.2, 0.25) is 0 Å². The lowest BCUT2D eigenvalue weighted by atomic mass is 10.0. The van der Waals surface area contributed by atoms with Crippen LogP contribution in [0.5, 0.6) is 0 Å². The van der Waals surface area contributed by atoms with Gasteiger partial charge < -0.3 is 16.0 Å². The van der Waals surface area contributed by atoms with Gasteiger partial charge in [0.2, 0.25) is 0 Å². The topological polar surface area (TPSA) is 92.8 Å². The van der Waals surface area contributed by atoms with Gasteiger partial charge in [-0.1, -0.05) is 0 Å². The van der Waals surface area contributed by atoms with Gasteiger partial charge in [0.05, 0.1) is 5.69 Å². The monoisotopic (exact) mass is 431 g/mol. The minimum atomic E-state index is -0.255. The summed E-state index contributed by atoms with van der Waals surface area (Å²) in [5, 5.41) is 3.15. The van der Waals surface area contributed by atoms with Gasteiger partial charge in [0.15, 0.2) is 0 Å². The van der Waals surface area contributed by atoms with Gasteiger partial charge in [-0.25, -0.2) is 24.3 Å². The van der Waals surface area contributed by atoms with E-state index in [4.69, 9.17) is 15.7 Å². The highest BCUT2D eigenvalue weighted by atomic mass is 19.1. The number of nitrogens with two attached hydrogens (primary N) is 1. The number of anilines is 2. The summed E-state index contributed by atoms with van der Waals surface area (Å²) >= 11 is 0. The molecule has 3 N–H and O–H groups in total. The summed E-state index contributed by atoms with van der Waals surface area (Å²) in [5.74, 6) is 2.13. The molecule has 6 rings (SSSR count). The first-order valence-electron chi connectivity index (χ1n) is 11.1. The fourth-order valence-corrected chi connectivity index (χ4v) is 5.31. The number of aryl methyl sites for hydroxylation is 1. The summed E-state index contributed by atoms with van der Waals surface area (Å²) in [7, 11) is 1.83. The van der Waals surface area contributed by atoms with Crippen molar-refractivity contribution >= 4 is 11.5 Å². The Morgan fingerprint density at radius 1 is 1.25 bits per heavy atom. The number of nitrogens with one attached hydrogen (secondary N) is 1. The van der Waals surface area contributed by atoms with Crippen LogP contribution in [0.1, 0.15) is 41.3 Å². The van der Waals surface area contributed by atoms with E-state index in [0.29, 0.717) is 12.8 Å². The Balaban J connectivity index is 1.46. The van der Waals surface area contributed by atoms with Crippen LogP contribution in [0.15, 0.2) is 24.5 Å². The van der Waals surface area contributed by atoms with E-state index in [9.17, 15) is 4.39 Å². The van der Waals surface area contributed by atoms with Crippen LogP contribution >= 0.6 is 0 Å². The van der Waals surface area contributed by atoms with Crippen LogP contribution in [-0.2, 0) is 12.8 Å². The second-order valence-electron chi connectivity index (χ2n) is 9.35. The summed E-state index contributed by atoms with van der Waals surface area (Å²) in [4.78, 5) is 20.9. The number of fused-ring (bicyclic) bond motifs is 3. The van der Waals surface area contributed by atoms with Crippen LogP contribution in [0.25, 0.3) is 11.1 Å². The summed E-state index contributed by atoms with van der Waals surface area (Å²) in [6.45, 7) is 3.68. The van der Waals surface area contributed by atoms with Gasteiger partial charge in [-0.3, -0.25) is 0 Å². The maximum atomic E-state index is 14.5. The van der Waals surface area contributed by atoms with Gasteiger partial charge in [0.1, 0.15) is 23.3 Å². The Morgan fingerprint density at radius 2 is 2.03 bits per heavy atom. The van der Waals surface area contributed by atoms with Crippen LogP contribution in [-0.4, -0.2) is 46.1 Å². The number of hydrogen-bond acceptors (Lipinski definition) is 7. The van der Waals surface area contributed by atoms with Crippen LogP contribution in [0.3, 0.4) is 0 Å². The Morgan fingerprint density at radius 3 is 2.72 bits per heavy atom. The van der Waals surface area contributed by atoms with Crippen molar-refractivity contribution in [3.63, 3.8) is 0 Å². The number of halogens is 1. The molecule has 1 saturated carbocycles. The first-order valence-corrected chi connectivity index (χ1v) is 11.1. The van der Waals surface area contributed by atoms with Crippen LogP contribution < -0.4 is 16.0 Å². The number of nitrogens with zero attached hydrogens (tertiary/aromatic N) is 5. The van der Waals surface area contributed by atoms with Crippen molar-refractivity contribution in [2.75, 3.05) is 30.4 Å². The predicted molar refractivity (Wildman–Crippen MR) is 121 cm³/mol. The largest absolute Gasteiger partial charge is 0.388 e. The molecule has 0 bridgehead atoms. The van der Waals surface area contributed by atoms with Crippen molar-refractivity contribution in [3.05, 3.63) is 58.8 Å². The van der Waals surface area contributed by atoms with Crippen molar-refractivity contribution in [2.24, 2.45) is 11.1 Å². The van der Waals surface area contributed by atoms with Gasteiger partial charge in [-0.05, 0) is 48.6 Å². The second kappa shape index (κ2) is 6.93. The number of benzene rings is 1. The summed E-state index contributed by atoms with van der Waals surface area (Å²) < 4.78 is 14.5. The normalized spacial score (nSPS) is 22.9. The van der Waals surface area contributed by atoms with E-state index >= 15 is 0 Å². The zero-order valence-corrected chi connectivity index (χ0v) is 18.3. The van der Waals surface area contributed by atoms with Crippen molar-refractivity contribution < 1.29 is 4.39 Å². The number of rotatable bonds is 4. The fraction of sp³-hybridized carbons (Fsp3) is 0.417. The molecule has 3 aliphatic rings. The minimum Gasteiger partial charge on any atom is -0.388 e. The molecule has 2 aromatic heterocycles. The highest BCUT2D eigenvalue weighted by molar-refractivity contribution is 5.88. The zero-order chi connectivity index (χ0) is 22.0. The van der Waals surface area contributed by atoms with Gasteiger partial charge in [0.25, 0.3) is 0 Å². The van der Waals surface area contributed by atoms with Crippen LogP contribution in [0.4, 0.5) is 15.9 Å². The van der Waals surface area contributed by atoms with E-state index < -0.39 is 0 Å². The molecule has 1 aromatic carbocycles. The molecule has 2 atom stereocenters. The zero-order valence-electron chi connectivity index (χ0n) is 18.3. The number of hydrogen-bond donors (Lipinski definition) is 2. The highest BCUT2D eigenvalue weighted by Crippen LogP contribution is 2.54. The third kappa shape index (κ3) is 3.04.